The number of amides is 1. The van der Waals surface area contributed by atoms with Gasteiger partial charge in [0.2, 0.25) is 0 Å². The van der Waals surface area contributed by atoms with Crippen LogP contribution in [0.15, 0.2) is 17.6 Å². The lowest BCUT2D eigenvalue weighted by molar-refractivity contribution is -0.137. The number of rotatable bonds is 7. The van der Waals surface area contributed by atoms with Crippen LogP contribution in [0.2, 0.25) is 0 Å². The van der Waals surface area contributed by atoms with Crippen molar-refractivity contribution in [3.63, 3.8) is 0 Å². The molecule has 0 aliphatic heterocycles. The second-order valence-corrected chi connectivity index (χ2v) is 5.91. The summed E-state index contributed by atoms with van der Waals surface area (Å²) >= 11 is 1.52. The molecule has 0 spiro atoms. The summed E-state index contributed by atoms with van der Waals surface area (Å²) in [4.78, 5) is 26.9. The lowest BCUT2D eigenvalue weighted by Crippen LogP contribution is -2.25. The van der Waals surface area contributed by atoms with Crippen LogP contribution in [-0.2, 0) is 4.79 Å². The fourth-order valence-electron chi connectivity index (χ4n) is 2.31. The number of thiazole rings is 1. The molecule has 2 heterocycles. The number of aliphatic carboxylic acids is 1. The van der Waals surface area contributed by atoms with E-state index in [2.05, 4.69) is 10.3 Å². The zero-order valence-electron chi connectivity index (χ0n) is 12.6. The normalized spacial score (nSPS) is 10.6. The van der Waals surface area contributed by atoms with Gasteiger partial charge in [0.1, 0.15) is 0 Å². The van der Waals surface area contributed by atoms with Crippen molar-refractivity contribution in [2.24, 2.45) is 0 Å². The first kappa shape index (κ1) is 16.2. The molecule has 0 aliphatic rings. The highest BCUT2D eigenvalue weighted by Gasteiger charge is 2.17. The van der Waals surface area contributed by atoms with Gasteiger partial charge in [-0.25, -0.2) is 4.98 Å². The van der Waals surface area contributed by atoms with Crippen molar-refractivity contribution in [3.05, 3.63) is 34.6 Å². The maximum atomic E-state index is 12.2. The van der Waals surface area contributed by atoms with Gasteiger partial charge in [0.25, 0.3) is 5.91 Å². The zero-order chi connectivity index (χ0) is 16.1. The molecular formula is C15H19N3O3S. The number of carboxylic acids is 1. The number of carboxylic acid groups (broad SMARTS) is 1. The summed E-state index contributed by atoms with van der Waals surface area (Å²) in [5.74, 6) is -0.940. The Morgan fingerprint density at radius 2 is 2.14 bits per heavy atom. The van der Waals surface area contributed by atoms with E-state index in [1.54, 1.807) is 6.20 Å². The first-order valence-corrected chi connectivity index (χ1v) is 7.97. The van der Waals surface area contributed by atoms with Gasteiger partial charge in [-0.2, -0.15) is 0 Å². The highest BCUT2D eigenvalue weighted by atomic mass is 32.1. The molecule has 0 unspecified atom stereocenters. The minimum atomic E-state index is -0.807. The highest BCUT2D eigenvalue weighted by molar-refractivity contribution is 7.12. The van der Waals surface area contributed by atoms with E-state index in [0.717, 1.165) is 16.5 Å². The van der Waals surface area contributed by atoms with Crippen molar-refractivity contribution in [1.82, 2.24) is 14.9 Å². The number of aryl methyl sites for hydroxylation is 1. The van der Waals surface area contributed by atoms with Crippen molar-refractivity contribution < 1.29 is 14.7 Å². The molecule has 0 aliphatic carbocycles. The Kier molecular flexibility index (Phi) is 5.32. The van der Waals surface area contributed by atoms with Gasteiger partial charge in [-0.3, -0.25) is 14.2 Å². The van der Waals surface area contributed by atoms with Crippen molar-refractivity contribution in [2.45, 2.75) is 33.1 Å². The topological polar surface area (TPSA) is 84.2 Å². The van der Waals surface area contributed by atoms with Gasteiger partial charge >= 0.3 is 5.97 Å². The summed E-state index contributed by atoms with van der Waals surface area (Å²) in [5, 5.41) is 14.1. The summed E-state index contributed by atoms with van der Waals surface area (Å²) in [7, 11) is 0. The molecule has 7 heteroatoms. The summed E-state index contributed by atoms with van der Waals surface area (Å²) in [6.45, 7) is 4.32. The number of nitrogens with zero attached hydrogens (tertiary/aromatic N) is 2. The maximum Gasteiger partial charge on any atom is 0.303 e. The highest BCUT2D eigenvalue weighted by Crippen LogP contribution is 2.22. The van der Waals surface area contributed by atoms with Crippen molar-refractivity contribution in [2.75, 3.05) is 6.54 Å². The average molecular weight is 321 g/mol. The fraction of sp³-hybridized carbons (Fsp3) is 0.400. The number of carbonyl (C=O) groups excluding carboxylic acids is 1. The van der Waals surface area contributed by atoms with Crippen LogP contribution in [0.5, 0.6) is 0 Å². The Morgan fingerprint density at radius 3 is 2.77 bits per heavy atom. The molecule has 6 nitrogen and oxygen atoms in total. The maximum absolute atomic E-state index is 12.2. The molecule has 2 aromatic rings. The Balaban J connectivity index is 1.99. The molecule has 0 aromatic carbocycles. The first-order valence-electron chi connectivity index (χ1n) is 7.09. The largest absolute Gasteiger partial charge is 0.481 e. The van der Waals surface area contributed by atoms with Crippen molar-refractivity contribution in [3.8, 4) is 5.13 Å². The number of hydrogen-bond acceptors (Lipinski definition) is 4. The number of aromatic nitrogens is 2. The van der Waals surface area contributed by atoms with Gasteiger partial charge < -0.3 is 10.4 Å². The summed E-state index contributed by atoms with van der Waals surface area (Å²) in [5.41, 5.74) is 2.45. The molecule has 0 fully saturated rings. The number of nitrogens with one attached hydrogen (secondary N) is 1. The lowest BCUT2D eigenvalue weighted by atomic mass is 10.2. The third kappa shape index (κ3) is 3.73. The lowest BCUT2D eigenvalue weighted by Gasteiger charge is -2.06. The minimum Gasteiger partial charge on any atom is -0.481 e. The van der Waals surface area contributed by atoms with Crippen LogP contribution in [0.3, 0.4) is 0 Å². The van der Waals surface area contributed by atoms with E-state index >= 15 is 0 Å². The van der Waals surface area contributed by atoms with Gasteiger partial charge in [-0.1, -0.05) is 0 Å². The average Bonchev–Trinajstić information content (AvgIpc) is 3.06. The van der Waals surface area contributed by atoms with Crippen LogP contribution in [0.1, 0.15) is 41.0 Å². The standard InChI is InChI=1S/C15H19N3O3S/c1-10-9-12(11(2)18(10)15-17-7-8-22-15)14(21)16-6-4-3-5-13(19)20/h7-9H,3-6H2,1-2H3,(H,16,21)(H,19,20). The third-order valence-corrected chi connectivity index (χ3v) is 4.15. The number of unbranched alkanes of at least 4 members (excludes halogenated alkanes) is 1. The summed E-state index contributed by atoms with van der Waals surface area (Å²) in [6, 6.07) is 1.85. The van der Waals surface area contributed by atoms with Crippen LogP contribution < -0.4 is 5.32 Å². The molecule has 2 N–H and O–H groups in total. The Labute approximate surface area is 132 Å². The van der Waals surface area contributed by atoms with Crippen LogP contribution >= 0.6 is 11.3 Å². The van der Waals surface area contributed by atoms with Crippen molar-refractivity contribution >= 4 is 23.2 Å². The molecule has 2 rings (SSSR count). The second-order valence-electron chi connectivity index (χ2n) is 5.04. The summed E-state index contributed by atoms with van der Waals surface area (Å²) in [6.07, 6.45) is 3.09. The zero-order valence-corrected chi connectivity index (χ0v) is 13.4. The van der Waals surface area contributed by atoms with E-state index in [-0.39, 0.29) is 12.3 Å². The van der Waals surface area contributed by atoms with E-state index in [1.807, 2.05) is 29.9 Å². The molecule has 1 amide bonds. The van der Waals surface area contributed by atoms with Crippen LogP contribution in [0, 0.1) is 13.8 Å². The molecule has 0 radical (unpaired) electrons. The van der Waals surface area contributed by atoms with Gasteiger partial charge in [0, 0.05) is 35.9 Å². The predicted octanol–water partition coefficient (Wildman–Crippen LogP) is 2.54. The van der Waals surface area contributed by atoms with E-state index in [4.69, 9.17) is 5.11 Å². The van der Waals surface area contributed by atoms with Crippen LogP contribution in [0.25, 0.3) is 5.13 Å². The van der Waals surface area contributed by atoms with E-state index in [1.165, 1.54) is 11.3 Å². The Bertz CT molecular complexity index is 662. The molecule has 0 saturated heterocycles. The Morgan fingerprint density at radius 1 is 1.36 bits per heavy atom. The fourth-order valence-corrected chi connectivity index (χ4v) is 3.06. The Hall–Kier alpha value is -2.15. The summed E-state index contributed by atoms with van der Waals surface area (Å²) < 4.78 is 1.96. The van der Waals surface area contributed by atoms with Crippen molar-refractivity contribution in [1.29, 1.82) is 0 Å². The molecule has 0 bridgehead atoms. The SMILES string of the molecule is Cc1cc(C(=O)NCCCCC(=O)O)c(C)n1-c1nccs1. The molecule has 22 heavy (non-hydrogen) atoms. The van der Waals surface area contributed by atoms with Gasteiger partial charge in [-0.05, 0) is 32.8 Å². The smallest absolute Gasteiger partial charge is 0.303 e. The molecular weight excluding hydrogens is 302 g/mol. The van der Waals surface area contributed by atoms with Gasteiger partial charge in [0.05, 0.1) is 5.56 Å². The number of hydrogen-bond donors (Lipinski definition) is 2. The molecule has 0 saturated carbocycles. The minimum absolute atomic E-state index is 0.133. The van der Waals surface area contributed by atoms with Gasteiger partial charge in [-0.15, -0.1) is 11.3 Å². The predicted molar refractivity (Wildman–Crippen MR) is 84.7 cm³/mol. The molecule has 2 aromatic heterocycles. The van der Waals surface area contributed by atoms with E-state index in [9.17, 15) is 9.59 Å². The quantitative estimate of drug-likeness (QED) is 0.768. The van der Waals surface area contributed by atoms with Crippen LogP contribution in [0.4, 0.5) is 0 Å². The first-order chi connectivity index (χ1) is 10.5. The number of carbonyl (C=O) groups is 2. The molecule has 118 valence electrons. The monoisotopic (exact) mass is 321 g/mol. The van der Waals surface area contributed by atoms with E-state index in [0.29, 0.717) is 24.9 Å². The van der Waals surface area contributed by atoms with E-state index < -0.39 is 5.97 Å². The van der Waals surface area contributed by atoms with Gasteiger partial charge in [0.15, 0.2) is 5.13 Å². The third-order valence-electron chi connectivity index (χ3n) is 3.39. The second kappa shape index (κ2) is 7.22. The van der Waals surface area contributed by atoms with Crippen LogP contribution in [-0.4, -0.2) is 33.1 Å². The molecule has 0 atom stereocenters.